The smallest absolute Gasteiger partial charge is 0.252 e. The third-order valence-corrected chi connectivity index (χ3v) is 6.29. The van der Waals surface area contributed by atoms with Crippen molar-refractivity contribution < 1.29 is 13.2 Å². The van der Waals surface area contributed by atoms with Crippen molar-refractivity contribution in [2.45, 2.75) is 18.2 Å². The van der Waals surface area contributed by atoms with Gasteiger partial charge in [-0.1, -0.05) is 78.9 Å². The van der Waals surface area contributed by atoms with Crippen LogP contribution in [0.1, 0.15) is 33.9 Å². The molecule has 0 bridgehead atoms. The van der Waals surface area contributed by atoms with E-state index in [0.717, 1.165) is 17.4 Å². The predicted octanol–water partition coefficient (Wildman–Crippen LogP) is 4.83. The number of para-hydroxylation sites is 1. The molecule has 0 unspecified atom stereocenters. The Hall–Kier alpha value is -4.02. The highest BCUT2D eigenvalue weighted by atomic mass is 32.2. The monoisotopic (exact) mass is 469 g/mol. The van der Waals surface area contributed by atoms with Gasteiger partial charge in [0.25, 0.3) is 5.91 Å². The topological polar surface area (TPSA) is 99.9 Å². The van der Waals surface area contributed by atoms with E-state index in [1.165, 1.54) is 0 Å². The van der Waals surface area contributed by atoms with Crippen molar-refractivity contribution in [3.63, 3.8) is 0 Å². The number of fused-ring (bicyclic) bond motifs is 1. The maximum Gasteiger partial charge on any atom is 0.252 e. The first-order valence-corrected chi connectivity index (χ1v) is 12.8. The molecule has 0 aliphatic carbocycles. The van der Waals surface area contributed by atoms with E-state index in [9.17, 15) is 18.5 Å². The Balaban J connectivity index is 1.93. The lowest BCUT2D eigenvalue weighted by molar-refractivity contribution is 0.0938. The molecule has 1 N–H and O–H groups in total. The molecule has 34 heavy (non-hydrogen) atoms. The Kier molecular flexibility index (Phi) is 6.71. The van der Waals surface area contributed by atoms with Gasteiger partial charge < -0.3 is 5.32 Å². The summed E-state index contributed by atoms with van der Waals surface area (Å²) >= 11 is 0. The molecule has 1 atom stereocenters. The van der Waals surface area contributed by atoms with E-state index in [1.807, 2.05) is 66.7 Å². The second-order valence-corrected chi connectivity index (χ2v) is 10.2. The van der Waals surface area contributed by atoms with Crippen molar-refractivity contribution >= 4 is 26.6 Å². The van der Waals surface area contributed by atoms with Crippen molar-refractivity contribution in [2.75, 3.05) is 6.26 Å². The Morgan fingerprint density at radius 3 is 2.24 bits per heavy atom. The first-order valence-electron chi connectivity index (χ1n) is 10.7. The summed E-state index contributed by atoms with van der Waals surface area (Å²) < 4.78 is 24.9. The summed E-state index contributed by atoms with van der Waals surface area (Å²) in [7, 11) is -3.50. The fourth-order valence-corrected chi connectivity index (χ4v) is 4.81. The highest BCUT2D eigenvalue weighted by Gasteiger charge is 2.26. The van der Waals surface area contributed by atoms with Crippen molar-refractivity contribution in [3.8, 4) is 17.3 Å². The summed E-state index contributed by atoms with van der Waals surface area (Å²) in [4.78, 5) is 18.5. The van der Waals surface area contributed by atoms with Gasteiger partial charge in [0, 0.05) is 22.8 Å². The SMILES string of the molecule is CS(=O)(=O)Cc1c(-c2ccccc2)nc2ccccc2c1C(=O)N[C@@H](CC#N)c1ccccc1. The van der Waals surface area contributed by atoms with Gasteiger partial charge >= 0.3 is 0 Å². The van der Waals surface area contributed by atoms with Crippen LogP contribution in [0, 0.1) is 11.3 Å². The minimum Gasteiger partial charge on any atom is -0.344 e. The summed E-state index contributed by atoms with van der Waals surface area (Å²) in [5, 5.41) is 12.9. The van der Waals surface area contributed by atoms with E-state index in [1.54, 1.807) is 18.2 Å². The highest BCUT2D eigenvalue weighted by molar-refractivity contribution is 7.89. The summed E-state index contributed by atoms with van der Waals surface area (Å²) in [6, 6.07) is 27.2. The lowest BCUT2D eigenvalue weighted by atomic mass is 9.96. The van der Waals surface area contributed by atoms with Crippen LogP contribution in [0.3, 0.4) is 0 Å². The van der Waals surface area contributed by atoms with E-state index < -0.39 is 21.8 Å². The molecule has 1 amide bonds. The van der Waals surface area contributed by atoms with E-state index in [4.69, 9.17) is 4.98 Å². The van der Waals surface area contributed by atoms with Crippen LogP contribution >= 0.6 is 0 Å². The van der Waals surface area contributed by atoms with Gasteiger partial charge in [-0.05, 0) is 11.6 Å². The third kappa shape index (κ3) is 5.13. The van der Waals surface area contributed by atoms with Crippen molar-refractivity contribution in [1.29, 1.82) is 5.26 Å². The van der Waals surface area contributed by atoms with Gasteiger partial charge in [0.2, 0.25) is 0 Å². The number of rotatable bonds is 7. The number of pyridine rings is 1. The normalized spacial score (nSPS) is 12.1. The van der Waals surface area contributed by atoms with Gasteiger partial charge in [0.05, 0.1) is 41.1 Å². The van der Waals surface area contributed by atoms with Crippen molar-refractivity contribution in [3.05, 3.63) is 102 Å². The molecule has 170 valence electrons. The number of carbonyl (C=O) groups is 1. The van der Waals surface area contributed by atoms with Crippen LogP contribution in [0.4, 0.5) is 0 Å². The summed E-state index contributed by atoms with van der Waals surface area (Å²) in [6.45, 7) is 0. The molecule has 0 radical (unpaired) electrons. The standard InChI is InChI=1S/C27H23N3O3S/c1-34(32,33)18-22-25(27(31)30-23(16-17-28)19-10-4-2-5-11-19)21-14-8-9-15-24(21)29-26(22)20-12-6-3-7-13-20/h2-15,23H,16,18H2,1H3,(H,30,31)/t23-/m0/s1. The summed E-state index contributed by atoms with van der Waals surface area (Å²) in [5.41, 5.74) is 3.15. The Bertz CT molecular complexity index is 1480. The Morgan fingerprint density at radius 1 is 0.971 bits per heavy atom. The highest BCUT2D eigenvalue weighted by Crippen LogP contribution is 2.32. The van der Waals surface area contributed by atoms with E-state index >= 15 is 0 Å². The van der Waals surface area contributed by atoms with Crippen LogP contribution < -0.4 is 5.32 Å². The Morgan fingerprint density at radius 2 is 1.59 bits per heavy atom. The maximum atomic E-state index is 13.8. The molecular formula is C27H23N3O3S. The minimum atomic E-state index is -3.50. The lowest BCUT2D eigenvalue weighted by Gasteiger charge is -2.20. The average Bonchev–Trinajstić information content (AvgIpc) is 2.83. The zero-order chi connectivity index (χ0) is 24.1. The predicted molar refractivity (Wildman–Crippen MR) is 133 cm³/mol. The second-order valence-electron chi connectivity index (χ2n) is 8.07. The van der Waals surface area contributed by atoms with Crippen molar-refractivity contribution in [1.82, 2.24) is 10.3 Å². The molecule has 0 saturated carbocycles. The first kappa shape index (κ1) is 23.1. The quantitative estimate of drug-likeness (QED) is 0.418. The number of benzene rings is 3. The number of nitrogens with one attached hydrogen (secondary N) is 1. The first-order chi connectivity index (χ1) is 16.4. The molecule has 1 aromatic heterocycles. The molecule has 7 heteroatoms. The molecule has 6 nitrogen and oxygen atoms in total. The van der Waals surface area contributed by atoms with Crippen LogP contribution in [-0.2, 0) is 15.6 Å². The van der Waals surface area contributed by atoms with Gasteiger partial charge in [-0.15, -0.1) is 0 Å². The van der Waals surface area contributed by atoms with Gasteiger partial charge in [0.15, 0.2) is 9.84 Å². The van der Waals surface area contributed by atoms with Gasteiger partial charge in [-0.25, -0.2) is 13.4 Å². The molecule has 0 aliphatic heterocycles. The van der Waals surface area contributed by atoms with Crippen LogP contribution in [0.25, 0.3) is 22.2 Å². The molecule has 1 heterocycles. The van der Waals surface area contributed by atoms with Crippen molar-refractivity contribution in [2.24, 2.45) is 0 Å². The van der Waals surface area contributed by atoms with E-state index in [0.29, 0.717) is 22.2 Å². The largest absolute Gasteiger partial charge is 0.344 e. The number of nitriles is 1. The number of sulfone groups is 1. The van der Waals surface area contributed by atoms with E-state index in [2.05, 4.69) is 11.4 Å². The second kappa shape index (κ2) is 9.86. The molecule has 3 aromatic carbocycles. The fourth-order valence-electron chi connectivity index (χ4n) is 4.01. The lowest BCUT2D eigenvalue weighted by Crippen LogP contribution is -2.30. The number of amides is 1. The Labute approximate surface area is 198 Å². The summed E-state index contributed by atoms with van der Waals surface area (Å²) in [6.07, 6.45) is 1.22. The number of carbonyl (C=O) groups excluding carboxylic acids is 1. The number of hydrogen-bond acceptors (Lipinski definition) is 5. The van der Waals surface area contributed by atoms with Gasteiger partial charge in [-0.2, -0.15) is 5.26 Å². The molecule has 0 fully saturated rings. The molecule has 4 aromatic rings. The molecular weight excluding hydrogens is 446 g/mol. The van der Waals surface area contributed by atoms with Crippen LogP contribution in [0.2, 0.25) is 0 Å². The maximum absolute atomic E-state index is 13.8. The molecule has 0 aliphatic rings. The zero-order valence-corrected chi connectivity index (χ0v) is 19.4. The number of aromatic nitrogens is 1. The minimum absolute atomic E-state index is 0.0751. The summed E-state index contributed by atoms with van der Waals surface area (Å²) in [5.74, 6) is -0.787. The fraction of sp³-hybridized carbons (Fsp3) is 0.148. The third-order valence-electron chi connectivity index (χ3n) is 5.48. The molecule has 4 rings (SSSR count). The van der Waals surface area contributed by atoms with Gasteiger partial charge in [0.1, 0.15) is 0 Å². The molecule has 0 spiro atoms. The van der Waals surface area contributed by atoms with E-state index in [-0.39, 0.29) is 17.7 Å². The molecule has 0 saturated heterocycles. The zero-order valence-electron chi connectivity index (χ0n) is 18.6. The number of hydrogen-bond donors (Lipinski definition) is 1. The van der Waals surface area contributed by atoms with Crippen LogP contribution in [0.5, 0.6) is 0 Å². The number of nitrogens with zero attached hydrogens (tertiary/aromatic N) is 2. The van der Waals surface area contributed by atoms with Crippen LogP contribution in [-0.4, -0.2) is 25.6 Å². The van der Waals surface area contributed by atoms with Gasteiger partial charge in [-0.3, -0.25) is 4.79 Å². The van der Waals surface area contributed by atoms with Crippen LogP contribution in [0.15, 0.2) is 84.9 Å². The average molecular weight is 470 g/mol.